The van der Waals surface area contributed by atoms with Crippen molar-refractivity contribution in [3.63, 3.8) is 0 Å². The van der Waals surface area contributed by atoms with Crippen LogP contribution in [0.3, 0.4) is 0 Å². The Labute approximate surface area is 92.8 Å². The van der Waals surface area contributed by atoms with Crippen LogP contribution in [0.1, 0.15) is 45.4 Å². The minimum atomic E-state index is 0.618. The second-order valence-electron chi connectivity index (χ2n) is 5.69. The van der Waals surface area contributed by atoms with Crippen LogP contribution in [0.2, 0.25) is 0 Å². The van der Waals surface area contributed by atoms with Crippen LogP contribution in [0, 0.1) is 10.8 Å². The Hall–Kier alpha value is -0.0800. The molecule has 3 aliphatic rings. The highest BCUT2D eigenvalue weighted by molar-refractivity contribution is 5.21. The van der Waals surface area contributed by atoms with Crippen molar-refractivity contribution in [1.82, 2.24) is 5.32 Å². The van der Waals surface area contributed by atoms with E-state index in [2.05, 4.69) is 12.2 Å². The summed E-state index contributed by atoms with van der Waals surface area (Å²) in [6, 6.07) is 0. The van der Waals surface area contributed by atoms with Crippen LogP contribution in [0.5, 0.6) is 0 Å². The summed E-state index contributed by atoms with van der Waals surface area (Å²) in [7, 11) is 0. The average molecular weight is 209 g/mol. The summed E-state index contributed by atoms with van der Waals surface area (Å²) in [5, 5.41) is 3.33. The topological polar surface area (TPSA) is 21.3 Å². The molecule has 2 atom stereocenters. The van der Waals surface area contributed by atoms with Crippen molar-refractivity contribution in [1.29, 1.82) is 0 Å². The van der Waals surface area contributed by atoms with Gasteiger partial charge in [0.25, 0.3) is 0 Å². The van der Waals surface area contributed by atoms with Gasteiger partial charge in [-0.1, -0.05) is 6.92 Å². The van der Waals surface area contributed by atoms with Crippen LogP contribution in [-0.2, 0) is 4.74 Å². The van der Waals surface area contributed by atoms with Crippen LogP contribution in [0.15, 0.2) is 0 Å². The Morgan fingerprint density at radius 1 is 1.20 bits per heavy atom. The number of hydrogen-bond donors (Lipinski definition) is 1. The third kappa shape index (κ3) is 1.31. The number of rotatable bonds is 5. The first-order valence-corrected chi connectivity index (χ1v) is 6.65. The molecule has 3 saturated carbocycles. The van der Waals surface area contributed by atoms with E-state index in [9.17, 15) is 0 Å². The van der Waals surface area contributed by atoms with Gasteiger partial charge in [0.2, 0.25) is 0 Å². The maximum absolute atomic E-state index is 6.05. The van der Waals surface area contributed by atoms with Gasteiger partial charge >= 0.3 is 0 Å². The Morgan fingerprint density at radius 2 is 2.00 bits per heavy atom. The van der Waals surface area contributed by atoms with Gasteiger partial charge in [-0.3, -0.25) is 0 Å². The number of ether oxygens (including phenoxy) is 1. The fourth-order valence-electron chi connectivity index (χ4n) is 3.89. The van der Waals surface area contributed by atoms with Crippen LogP contribution in [0.4, 0.5) is 0 Å². The molecule has 0 radical (unpaired) electrons. The van der Waals surface area contributed by atoms with Gasteiger partial charge in [-0.15, -0.1) is 0 Å². The van der Waals surface area contributed by atoms with Gasteiger partial charge in [-0.05, 0) is 50.5 Å². The highest BCUT2D eigenvalue weighted by Crippen LogP contribution is 2.78. The van der Waals surface area contributed by atoms with Gasteiger partial charge in [0.1, 0.15) is 0 Å². The summed E-state index contributed by atoms with van der Waals surface area (Å²) in [6.07, 6.45) is 9.36. The van der Waals surface area contributed by atoms with Gasteiger partial charge < -0.3 is 10.1 Å². The minimum Gasteiger partial charge on any atom is -0.376 e. The SMILES string of the molecule is CCNCCO[C@H]1CC[C@@]12CCC21CC1. The van der Waals surface area contributed by atoms with E-state index in [0.717, 1.165) is 25.1 Å². The van der Waals surface area contributed by atoms with Crippen molar-refractivity contribution in [3.8, 4) is 0 Å². The lowest BCUT2D eigenvalue weighted by molar-refractivity contribution is -0.199. The molecule has 0 aromatic carbocycles. The van der Waals surface area contributed by atoms with E-state index in [1.807, 2.05) is 0 Å². The molecule has 0 heterocycles. The molecule has 0 aliphatic heterocycles. The first-order valence-electron chi connectivity index (χ1n) is 6.65. The number of hydrogen-bond acceptors (Lipinski definition) is 2. The molecule has 0 aromatic rings. The molecule has 2 spiro atoms. The molecule has 15 heavy (non-hydrogen) atoms. The zero-order valence-electron chi connectivity index (χ0n) is 9.85. The quantitative estimate of drug-likeness (QED) is 0.702. The zero-order chi connectivity index (χ0) is 10.4. The summed E-state index contributed by atoms with van der Waals surface area (Å²) in [4.78, 5) is 0. The first kappa shape index (κ1) is 10.1. The molecular weight excluding hydrogens is 186 g/mol. The molecule has 1 N–H and O–H groups in total. The monoisotopic (exact) mass is 209 g/mol. The zero-order valence-corrected chi connectivity index (χ0v) is 9.85. The standard InChI is InChI=1S/C13H23NO/c1-2-14-9-10-15-11-3-4-13(11)8-7-12(13)5-6-12/h11,14H,2-10H2,1H3/t11-,13+/m0/s1. The van der Waals surface area contributed by atoms with Gasteiger partial charge in [0.05, 0.1) is 12.7 Å². The number of fused-ring (bicyclic) bond motifs is 1. The van der Waals surface area contributed by atoms with Crippen LogP contribution < -0.4 is 5.32 Å². The molecule has 0 bridgehead atoms. The highest BCUT2D eigenvalue weighted by Gasteiger charge is 2.71. The van der Waals surface area contributed by atoms with Gasteiger partial charge in [-0.25, -0.2) is 0 Å². The van der Waals surface area contributed by atoms with Crippen molar-refractivity contribution in [2.45, 2.75) is 51.6 Å². The van der Waals surface area contributed by atoms with E-state index >= 15 is 0 Å². The third-order valence-corrected chi connectivity index (χ3v) is 5.28. The summed E-state index contributed by atoms with van der Waals surface area (Å²) in [6.45, 7) is 5.14. The van der Waals surface area contributed by atoms with E-state index in [0.29, 0.717) is 11.5 Å². The molecule has 86 valence electrons. The van der Waals surface area contributed by atoms with Crippen molar-refractivity contribution in [2.75, 3.05) is 19.7 Å². The molecule has 3 aliphatic carbocycles. The smallest absolute Gasteiger partial charge is 0.0637 e. The van der Waals surface area contributed by atoms with E-state index in [1.165, 1.54) is 38.5 Å². The van der Waals surface area contributed by atoms with Crippen molar-refractivity contribution >= 4 is 0 Å². The largest absolute Gasteiger partial charge is 0.376 e. The molecule has 2 nitrogen and oxygen atoms in total. The molecule has 0 aromatic heterocycles. The van der Waals surface area contributed by atoms with E-state index < -0.39 is 0 Å². The summed E-state index contributed by atoms with van der Waals surface area (Å²) in [5.74, 6) is 0. The first-order chi connectivity index (χ1) is 7.33. The molecule has 3 fully saturated rings. The molecule has 0 amide bonds. The van der Waals surface area contributed by atoms with E-state index in [-0.39, 0.29) is 0 Å². The second-order valence-corrected chi connectivity index (χ2v) is 5.69. The summed E-state index contributed by atoms with van der Waals surface area (Å²) < 4.78 is 6.05. The van der Waals surface area contributed by atoms with Crippen molar-refractivity contribution in [3.05, 3.63) is 0 Å². The molecule has 0 saturated heterocycles. The highest BCUT2D eigenvalue weighted by atomic mass is 16.5. The lowest BCUT2D eigenvalue weighted by Crippen LogP contribution is -2.59. The van der Waals surface area contributed by atoms with Crippen molar-refractivity contribution < 1.29 is 4.74 Å². The second kappa shape index (κ2) is 3.46. The predicted molar refractivity (Wildman–Crippen MR) is 60.9 cm³/mol. The van der Waals surface area contributed by atoms with E-state index in [1.54, 1.807) is 0 Å². The fraction of sp³-hybridized carbons (Fsp3) is 1.00. The van der Waals surface area contributed by atoms with Crippen LogP contribution >= 0.6 is 0 Å². The van der Waals surface area contributed by atoms with Crippen LogP contribution in [0.25, 0.3) is 0 Å². The van der Waals surface area contributed by atoms with Gasteiger partial charge in [0, 0.05) is 12.0 Å². The molecule has 0 unspecified atom stereocenters. The Balaban J connectivity index is 1.47. The molecule has 2 heteroatoms. The Morgan fingerprint density at radius 3 is 2.47 bits per heavy atom. The molecule has 3 rings (SSSR count). The maximum Gasteiger partial charge on any atom is 0.0637 e. The van der Waals surface area contributed by atoms with Gasteiger partial charge in [0.15, 0.2) is 0 Å². The lowest BCUT2D eigenvalue weighted by atomic mass is 9.46. The number of nitrogens with one attached hydrogen (secondary N) is 1. The maximum atomic E-state index is 6.05. The Bertz CT molecular complexity index is 245. The average Bonchev–Trinajstić information content (AvgIpc) is 2.96. The predicted octanol–water partition coefficient (Wildman–Crippen LogP) is 2.34. The van der Waals surface area contributed by atoms with Gasteiger partial charge in [-0.2, -0.15) is 0 Å². The minimum absolute atomic E-state index is 0.618. The normalized spacial score (nSPS) is 40.2. The number of likely N-dealkylation sites (N-methyl/N-ethyl adjacent to an activating group) is 1. The summed E-state index contributed by atoms with van der Waals surface area (Å²) in [5.41, 5.74) is 1.45. The Kier molecular flexibility index (Phi) is 2.33. The van der Waals surface area contributed by atoms with Crippen LogP contribution in [-0.4, -0.2) is 25.8 Å². The van der Waals surface area contributed by atoms with Crippen molar-refractivity contribution in [2.24, 2.45) is 10.8 Å². The lowest BCUT2D eigenvalue weighted by Gasteiger charge is -2.62. The fourth-order valence-corrected chi connectivity index (χ4v) is 3.89. The third-order valence-electron chi connectivity index (χ3n) is 5.28. The molecular formula is C13H23NO. The summed E-state index contributed by atoms with van der Waals surface area (Å²) >= 11 is 0. The van der Waals surface area contributed by atoms with E-state index in [4.69, 9.17) is 4.74 Å².